The van der Waals surface area contributed by atoms with Crippen molar-refractivity contribution >= 4 is 11.6 Å². The zero-order valence-electron chi connectivity index (χ0n) is 17.6. The Bertz CT molecular complexity index is 847. The minimum atomic E-state index is -4.38. The van der Waals surface area contributed by atoms with E-state index in [0.717, 1.165) is 43.4 Å². The van der Waals surface area contributed by atoms with E-state index in [9.17, 15) is 13.2 Å². The Hall–Kier alpha value is -2.38. The maximum atomic E-state index is 15.2. The van der Waals surface area contributed by atoms with Gasteiger partial charge in [-0.3, -0.25) is 0 Å². The van der Waals surface area contributed by atoms with Crippen LogP contribution < -0.4 is 10.2 Å². The molecule has 1 unspecified atom stereocenters. The van der Waals surface area contributed by atoms with Crippen LogP contribution in [-0.2, 0) is 6.18 Å². The van der Waals surface area contributed by atoms with Gasteiger partial charge in [0, 0.05) is 13.1 Å². The summed E-state index contributed by atoms with van der Waals surface area (Å²) in [7, 11) is 0. The summed E-state index contributed by atoms with van der Waals surface area (Å²) >= 11 is 0. The van der Waals surface area contributed by atoms with E-state index in [2.05, 4.69) is 36.1 Å². The lowest BCUT2D eigenvalue weighted by atomic mass is 9.85. The third kappa shape index (κ3) is 4.68. The Labute approximate surface area is 174 Å². The fraction of sp³-hybridized carbons (Fsp3) is 0.545. The molecule has 1 saturated heterocycles. The van der Waals surface area contributed by atoms with E-state index < -0.39 is 17.6 Å². The largest absolute Gasteiger partial charge is 0.416 e. The SMILES string of the molecule is CCC(C)(CC)CNc1ncnc(N2CCCC2c2ccc(C(F)(F)F)cc2)c1F. The molecule has 164 valence electrons. The fourth-order valence-electron chi connectivity index (χ4n) is 3.74. The summed E-state index contributed by atoms with van der Waals surface area (Å²) in [5.41, 5.74) is 0.0662. The van der Waals surface area contributed by atoms with E-state index in [1.54, 1.807) is 0 Å². The first-order valence-electron chi connectivity index (χ1n) is 10.4. The van der Waals surface area contributed by atoms with E-state index in [4.69, 9.17) is 0 Å². The number of nitrogens with zero attached hydrogens (tertiary/aromatic N) is 3. The average molecular weight is 424 g/mol. The van der Waals surface area contributed by atoms with E-state index in [0.29, 0.717) is 13.1 Å². The van der Waals surface area contributed by atoms with Crippen molar-refractivity contribution in [3.63, 3.8) is 0 Å². The number of nitrogens with one attached hydrogen (secondary N) is 1. The Kier molecular flexibility index (Phi) is 6.53. The van der Waals surface area contributed by atoms with Crippen LogP contribution in [0, 0.1) is 11.2 Å². The molecule has 0 radical (unpaired) electrons. The van der Waals surface area contributed by atoms with Crippen molar-refractivity contribution in [2.45, 2.75) is 58.7 Å². The molecule has 4 nitrogen and oxygen atoms in total. The molecule has 1 fully saturated rings. The quantitative estimate of drug-likeness (QED) is 0.536. The standard InChI is InChI=1S/C22H28F4N4/c1-4-21(3,5-2)13-27-19-18(23)20(29-14-28-19)30-12-6-7-17(30)15-8-10-16(11-9-15)22(24,25)26/h8-11,14,17H,4-7,12-13H2,1-3H3,(H,27,28,29). The second-order valence-corrected chi connectivity index (χ2v) is 8.20. The van der Waals surface area contributed by atoms with Crippen LogP contribution >= 0.6 is 0 Å². The summed E-state index contributed by atoms with van der Waals surface area (Å²) in [5.74, 6) is -0.179. The molecule has 1 N–H and O–H groups in total. The zero-order valence-corrected chi connectivity index (χ0v) is 17.6. The second kappa shape index (κ2) is 8.78. The van der Waals surface area contributed by atoms with Crippen LogP contribution in [0.2, 0.25) is 0 Å². The molecule has 8 heteroatoms. The zero-order chi connectivity index (χ0) is 21.9. The average Bonchev–Trinajstić information content (AvgIpc) is 3.22. The number of aromatic nitrogens is 2. The van der Waals surface area contributed by atoms with Crippen molar-refractivity contribution in [1.82, 2.24) is 9.97 Å². The smallest absolute Gasteiger partial charge is 0.367 e. The lowest BCUT2D eigenvalue weighted by Crippen LogP contribution is -2.28. The first kappa shape index (κ1) is 22.3. The van der Waals surface area contributed by atoms with Gasteiger partial charge in [0.15, 0.2) is 11.6 Å². The lowest BCUT2D eigenvalue weighted by molar-refractivity contribution is -0.137. The molecule has 1 aromatic heterocycles. The van der Waals surface area contributed by atoms with Gasteiger partial charge in [-0.15, -0.1) is 0 Å². The number of halogens is 4. The highest BCUT2D eigenvalue weighted by Gasteiger charge is 2.33. The number of hydrogen-bond acceptors (Lipinski definition) is 4. The third-order valence-electron chi connectivity index (χ3n) is 6.31. The van der Waals surface area contributed by atoms with Gasteiger partial charge in [-0.25, -0.2) is 9.97 Å². The highest BCUT2D eigenvalue weighted by Crippen LogP contribution is 2.38. The molecular weight excluding hydrogens is 396 g/mol. The van der Waals surface area contributed by atoms with Crippen molar-refractivity contribution in [1.29, 1.82) is 0 Å². The minimum absolute atomic E-state index is 0.0357. The Morgan fingerprint density at radius 2 is 1.77 bits per heavy atom. The summed E-state index contributed by atoms with van der Waals surface area (Å²) in [5, 5.41) is 3.12. The Morgan fingerprint density at radius 1 is 1.10 bits per heavy atom. The first-order valence-corrected chi connectivity index (χ1v) is 10.4. The van der Waals surface area contributed by atoms with Crippen molar-refractivity contribution in [3.8, 4) is 0 Å². The molecule has 0 aliphatic carbocycles. The van der Waals surface area contributed by atoms with E-state index >= 15 is 4.39 Å². The highest BCUT2D eigenvalue weighted by molar-refractivity contribution is 5.53. The summed E-state index contributed by atoms with van der Waals surface area (Å²) < 4.78 is 53.8. The lowest BCUT2D eigenvalue weighted by Gasteiger charge is -2.29. The maximum Gasteiger partial charge on any atom is 0.416 e. The van der Waals surface area contributed by atoms with Gasteiger partial charge in [0.1, 0.15) is 6.33 Å². The van der Waals surface area contributed by atoms with Crippen LogP contribution in [0.25, 0.3) is 0 Å². The third-order valence-corrected chi connectivity index (χ3v) is 6.31. The normalized spacial score (nSPS) is 17.4. The van der Waals surface area contributed by atoms with Crippen molar-refractivity contribution in [2.75, 3.05) is 23.3 Å². The van der Waals surface area contributed by atoms with Crippen molar-refractivity contribution < 1.29 is 17.6 Å². The Morgan fingerprint density at radius 3 is 2.37 bits per heavy atom. The predicted molar refractivity (Wildman–Crippen MR) is 110 cm³/mol. The van der Waals surface area contributed by atoms with E-state index in [1.165, 1.54) is 18.5 Å². The van der Waals surface area contributed by atoms with Gasteiger partial charge in [0.05, 0.1) is 11.6 Å². The number of hydrogen-bond donors (Lipinski definition) is 1. The molecule has 1 aliphatic rings. The first-order chi connectivity index (χ1) is 14.2. The summed E-state index contributed by atoms with van der Waals surface area (Å²) in [6.45, 7) is 7.52. The number of rotatable bonds is 7. The highest BCUT2D eigenvalue weighted by atomic mass is 19.4. The number of anilines is 2. The summed E-state index contributed by atoms with van der Waals surface area (Å²) in [4.78, 5) is 10.1. The monoisotopic (exact) mass is 424 g/mol. The molecule has 1 aromatic carbocycles. The van der Waals surface area contributed by atoms with Gasteiger partial charge in [0.25, 0.3) is 0 Å². The van der Waals surface area contributed by atoms with Crippen LogP contribution in [0.15, 0.2) is 30.6 Å². The van der Waals surface area contributed by atoms with Crippen molar-refractivity contribution in [2.24, 2.45) is 5.41 Å². The topological polar surface area (TPSA) is 41.1 Å². The van der Waals surface area contributed by atoms with Gasteiger partial charge < -0.3 is 10.2 Å². The molecule has 2 heterocycles. The van der Waals surface area contributed by atoms with Crippen molar-refractivity contribution in [3.05, 3.63) is 47.5 Å². The van der Waals surface area contributed by atoms with Crippen LogP contribution in [-0.4, -0.2) is 23.1 Å². The Balaban J connectivity index is 1.82. The predicted octanol–water partition coefficient (Wildman–Crippen LogP) is 6.21. The van der Waals surface area contributed by atoms with Gasteiger partial charge in [-0.2, -0.15) is 17.6 Å². The van der Waals surface area contributed by atoms with Crippen LogP contribution in [0.1, 0.15) is 63.6 Å². The maximum absolute atomic E-state index is 15.2. The van der Waals surface area contributed by atoms with Gasteiger partial charge in [0.2, 0.25) is 5.82 Å². The minimum Gasteiger partial charge on any atom is -0.367 e. The summed E-state index contributed by atoms with van der Waals surface area (Å²) in [6, 6.07) is 4.87. The molecule has 0 spiro atoms. The van der Waals surface area contributed by atoms with Gasteiger partial charge in [-0.1, -0.05) is 32.9 Å². The molecular formula is C22H28F4N4. The van der Waals surface area contributed by atoms with Crippen LogP contribution in [0.4, 0.5) is 29.2 Å². The molecule has 1 aliphatic heterocycles. The van der Waals surface area contributed by atoms with Crippen LogP contribution in [0.5, 0.6) is 0 Å². The number of benzene rings is 1. The molecule has 3 rings (SSSR count). The summed E-state index contributed by atoms with van der Waals surface area (Å²) in [6.07, 6.45) is 0.399. The van der Waals surface area contributed by atoms with Gasteiger partial charge in [-0.05, 0) is 48.8 Å². The molecule has 0 bridgehead atoms. The van der Waals surface area contributed by atoms with E-state index in [-0.39, 0.29) is 23.1 Å². The van der Waals surface area contributed by atoms with Crippen LogP contribution in [0.3, 0.4) is 0 Å². The van der Waals surface area contributed by atoms with Gasteiger partial charge >= 0.3 is 6.18 Å². The second-order valence-electron chi connectivity index (χ2n) is 8.20. The molecule has 1 atom stereocenters. The molecule has 2 aromatic rings. The molecule has 0 amide bonds. The molecule has 0 saturated carbocycles. The number of alkyl halides is 3. The fourth-order valence-corrected chi connectivity index (χ4v) is 3.74. The van der Waals surface area contributed by atoms with E-state index in [1.807, 2.05) is 4.90 Å². The molecule has 30 heavy (non-hydrogen) atoms.